The van der Waals surface area contributed by atoms with Crippen LogP contribution in [-0.4, -0.2) is 30.7 Å². The highest BCUT2D eigenvalue weighted by Crippen LogP contribution is 2.20. The van der Waals surface area contributed by atoms with Crippen LogP contribution in [0.3, 0.4) is 0 Å². The van der Waals surface area contributed by atoms with Gasteiger partial charge in [-0.25, -0.2) is 0 Å². The van der Waals surface area contributed by atoms with E-state index in [4.69, 9.17) is 11.1 Å². The maximum atomic E-state index is 6.75. The SMILES string of the molecule is CCCCCCCC[N+](CCCCCCCC)(CCCCCCCC)CCCCCCCC.[N-]=[N+]=[N-]. The van der Waals surface area contributed by atoms with E-state index < -0.39 is 0 Å². The summed E-state index contributed by atoms with van der Waals surface area (Å²) in [7, 11) is 0. The third kappa shape index (κ3) is 27.9. The highest BCUT2D eigenvalue weighted by atomic mass is 15.3. The fourth-order valence-electron chi connectivity index (χ4n) is 5.58. The molecule has 0 N–H and O–H groups in total. The van der Waals surface area contributed by atoms with Gasteiger partial charge in [0.1, 0.15) is 0 Å². The summed E-state index contributed by atoms with van der Waals surface area (Å²) in [5.74, 6) is 0. The topological polar surface area (TPSA) is 58.7 Å². The summed E-state index contributed by atoms with van der Waals surface area (Å²) in [6.45, 7) is 15.3. The first-order valence-corrected chi connectivity index (χ1v) is 16.5. The summed E-state index contributed by atoms with van der Waals surface area (Å²) in [5.41, 5.74) is 13.5. The van der Waals surface area contributed by atoms with Gasteiger partial charge in [0, 0.05) is 0 Å². The maximum Gasteiger partial charge on any atom is 0.0786 e. The average Bonchev–Trinajstić information content (AvgIpc) is 2.88. The smallest absolute Gasteiger partial charge is 0.0786 e. The van der Waals surface area contributed by atoms with Crippen molar-refractivity contribution in [3.8, 4) is 0 Å². The first-order chi connectivity index (χ1) is 17.7. The van der Waals surface area contributed by atoms with Gasteiger partial charge in [-0.2, -0.15) is 0 Å². The normalized spacial score (nSPS) is 11.2. The van der Waals surface area contributed by atoms with Crippen molar-refractivity contribution in [2.75, 3.05) is 26.2 Å². The second-order valence-electron chi connectivity index (χ2n) is 11.4. The van der Waals surface area contributed by atoms with Gasteiger partial charge < -0.3 is 15.5 Å². The lowest BCUT2D eigenvalue weighted by Crippen LogP contribution is -2.50. The molecule has 0 amide bonds. The standard InChI is InChI=1S/C32H68N.N3/c1-5-9-13-17-21-25-29-33(30-26-22-18-14-10-6-2,31-27-23-19-15-11-7-3)32-28-24-20-16-12-8-4;1-3-2/h5-32H2,1-4H3;/q+1;-1. The zero-order valence-electron chi connectivity index (χ0n) is 25.6. The molecular weight excluding hydrogens is 440 g/mol. The molecule has 0 aliphatic rings. The van der Waals surface area contributed by atoms with Gasteiger partial charge in [0.05, 0.1) is 26.2 Å². The van der Waals surface area contributed by atoms with E-state index in [2.05, 4.69) is 27.7 Å². The van der Waals surface area contributed by atoms with E-state index in [1.807, 2.05) is 0 Å². The van der Waals surface area contributed by atoms with Crippen molar-refractivity contribution < 1.29 is 4.48 Å². The lowest BCUT2D eigenvalue weighted by atomic mass is 10.0. The van der Waals surface area contributed by atoms with Crippen molar-refractivity contribution in [1.82, 2.24) is 0 Å². The van der Waals surface area contributed by atoms with E-state index in [9.17, 15) is 0 Å². The van der Waals surface area contributed by atoms with Crippen molar-refractivity contribution in [3.05, 3.63) is 16.0 Å². The Bertz CT molecular complexity index is 362. The van der Waals surface area contributed by atoms with E-state index in [1.54, 1.807) is 0 Å². The Morgan fingerprint density at radius 3 is 0.694 bits per heavy atom. The van der Waals surface area contributed by atoms with E-state index in [1.165, 1.54) is 190 Å². The van der Waals surface area contributed by atoms with Crippen LogP contribution in [0.5, 0.6) is 0 Å². The maximum absolute atomic E-state index is 6.75. The van der Waals surface area contributed by atoms with Crippen molar-refractivity contribution in [1.29, 1.82) is 0 Å². The molecule has 0 atom stereocenters. The van der Waals surface area contributed by atoms with Crippen LogP contribution in [0, 0.1) is 0 Å². The molecule has 0 aliphatic heterocycles. The molecule has 4 nitrogen and oxygen atoms in total. The quantitative estimate of drug-likeness (QED) is 0.0331. The highest BCUT2D eigenvalue weighted by Gasteiger charge is 2.25. The minimum absolute atomic E-state index is 1.37. The second-order valence-corrected chi connectivity index (χ2v) is 11.4. The zero-order valence-corrected chi connectivity index (χ0v) is 25.6. The summed E-state index contributed by atoms with van der Waals surface area (Å²) in [5, 5.41) is 0. The molecule has 0 bridgehead atoms. The molecule has 0 fully saturated rings. The number of unbranched alkanes of at least 4 members (excludes halogenated alkanes) is 20. The number of nitrogens with zero attached hydrogens (tertiary/aromatic N) is 4. The van der Waals surface area contributed by atoms with E-state index >= 15 is 0 Å². The minimum atomic E-state index is 1.37. The predicted octanol–water partition coefficient (Wildman–Crippen LogP) is 12.1. The molecule has 0 unspecified atom stereocenters. The largest absolute Gasteiger partial charge is 0.373 e. The lowest BCUT2D eigenvalue weighted by Gasteiger charge is -2.40. The molecule has 0 aliphatic carbocycles. The Kier molecular flexibility index (Phi) is 33.6. The Balaban J connectivity index is 0. The van der Waals surface area contributed by atoms with Crippen LogP contribution < -0.4 is 0 Å². The first kappa shape index (κ1) is 37.4. The van der Waals surface area contributed by atoms with Crippen molar-refractivity contribution >= 4 is 0 Å². The third-order valence-electron chi connectivity index (χ3n) is 7.94. The second kappa shape index (κ2) is 32.3. The van der Waals surface area contributed by atoms with E-state index in [-0.39, 0.29) is 0 Å². The Morgan fingerprint density at radius 2 is 0.500 bits per heavy atom. The average molecular weight is 509 g/mol. The van der Waals surface area contributed by atoms with Gasteiger partial charge >= 0.3 is 0 Å². The summed E-state index contributed by atoms with van der Waals surface area (Å²) >= 11 is 0. The monoisotopic (exact) mass is 509 g/mol. The number of rotatable bonds is 28. The van der Waals surface area contributed by atoms with Gasteiger partial charge in [0.2, 0.25) is 0 Å². The summed E-state index contributed by atoms with van der Waals surface area (Å²) in [6, 6.07) is 0. The van der Waals surface area contributed by atoms with Gasteiger partial charge in [0.15, 0.2) is 0 Å². The van der Waals surface area contributed by atoms with Crippen LogP contribution >= 0.6 is 0 Å². The summed E-state index contributed by atoms with van der Waals surface area (Å²) in [4.78, 5) is 1.50. The van der Waals surface area contributed by atoms with Crippen molar-refractivity contribution in [3.63, 3.8) is 0 Å². The Labute approximate surface area is 228 Å². The molecular formula is C32H68N4. The molecule has 36 heavy (non-hydrogen) atoms. The Hall–Kier alpha value is -0.730. The molecule has 0 saturated heterocycles. The molecule has 0 rings (SSSR count). The van der Waals surface area contributed by atoms with Gasteiger partial charge in [0.25, 0.3) is 0 Å². The van der Waals surface area contributed by atoms with Crippen LogP contribution in [-0.2, 0) is 0 Å². The van der Waals surface area contributed by atoms with Gasteiger partial charge in [-0.15, -0.1) is 0 Å². The van der Waals surface area contributed by atoms with E-state index in [0.717, 1.165) is 0 Å². The minimum Gasteiger partial charge on any atom is -0.373 e. The van der Waals surface area contributed by atoms with Crippen LogP contribution in [0.25, 0.3) is 16.0 Å². The van der Waals surface area contributed by atoms with Crippen LogP contribution in [0.15, 0.2) is 0 Å². The molecule has 216 valence electrons. The zero-order chi connectivity index (χ0) is 27.0. The van der Waals surface area contributed by atoms with Crippen LogP contribution in [0.1, 0.15) is 182 Å². The van der Waals surface area contributed by atoms with Crippen molar-refractivity contribution in [2.45, 2.75) is 182 Å². The number of quaternary nitrogens is 1. The predicted molar refractivity (Wildman–Crippen MR) is 163 cm³/mol. The number of hydrogen-bond acceptors (Lipinski definition) is 0. The number of hydrogen-bond donors (Lipinski definition) is 0. The van der Waals surface area contributed by atoms with Crippen molar-refractivity contribution in [2.24, 2.45) is 0 Å². The molecule has 0 saturated carbocycles. The summed E-state index contributed by atoms with van der Waals surface area (Å²) in [6.07, 6.45) is 34.8. The molecule has 0 spiro atoms. The third-order valence-corrected chi connectivity index (χ3v) is 7.94. The molecule has 0 aromatic rings. The van der Waals surface area contributed by atoms with Gasteiger partial charge in [-0.1, -0.05) is 130 Å². The van der Waals surface area contributed by atoms with Crippen LogP contribution in [0.4, 0.5) is 0 Å². The van der Waals surface area contributed by atoms with Gasteiger partial charge in [-0.3, -0.25) is 4.91 Å². The Morgan fingerprint density at radius 1 is 0.333 bits per heavy atom. The molecule has 0 aromatic heterocycles. The molecule has 4 heteroatoms. The molecule has 0 radical (unpaired) electrons. The lowest BCUT2D eigenvalue weighted by molar-refractivity contribution is -0.929. The van der Waals surface area contributed by atoms with E-state index in [0.29, 0.717) is 0 Å². The first-order valence-electron chi connectivity index (χ1n) is 16.5. The highest BCUT2D eigenvalue weighted by molar-refractivity contribution is 4.55. The molecule has 0 heterocycles. The van der Waals surface area contributed by atoms with Crippen LogP contribution in [0.2, 0.25) is 0 Å². The fraction of sp³-hybridized carbons (Fsp3) is 1.00. The molecule has 0 aromatic carbocycles. The fourth-order valence-corrected chi connectivity index (χ4v) is 5.58. The summed E-state index contributed by atoms with van der Waals surface area (Å²) < 4.78 is 1.48. The van der Waals surface area contributed by atoms with Gasteiger partial charge in [-0.05, 0) is 51.4 Å².